The van der Waals surface area contributed by atoms with Crippen LogP contribution in [0.3, 0.4) is 0 Å². The van der Waals surface area contributed by atoms with E-state index in [0.29, 0.717) is 87.3 Å². The van der Waals surface area contributed by atoms with E-state index >= 15 is 0 Å². The van der Waals surface area contributed by atoms with E-state index in [2.05, 4.69) is 61.2 Å². The number of fused-ring (bicyclic) bond motifs is 1. The second-order valence-corrected chi connectivity index (χ2v) is 16.9. The Morgan fingerprint density at radius 1 is 0.790 bits per heavy atom. The Labute approximate surface area is 360 Å². The maximum atomic E-state index is 14.5. The molecular formula is C50H53F5N6O. The Morgan fingerprint density at radius 2 is 1.48 bits per heavy atom. The number of unbranched alkanes of at least 4 members (excludes halogenated alkanes) is 1. The van der Waals surface area contributed by atoms with E-state index in [1.165, 1.54) is 29.3 Å². The van der Waals surface area contributed by atoms with Crippen molar-refractivity contribution in [2.75, 3.05) is 39.3 Å². The third kappa shape index (κ3) is 10.2. The number of halogens is 5. The molecule has 4 aromatic carbocycles. The molecule has 0 radical (unpaired) electrons. The molecule has 0 spiro atoms. The number of nitrogens with zero attached hydrogens (tertiary/aromatic N) is 4. The Kier molecular flexibility index (Phi) is 13.3. The highest BCUT2D eigenvalue weighted by Crippen LogP contribution is 2.41. The molecule has 2 aliphatic heterocycles. The number of aryl methyl sites for hydroxylation is 2. The predicted octanol–water partition coefficient (Wildman–Crippen LogP) is 9.94. The third-order valence-electron chi connectivity index (χ3n) is 12.5. The summed E-state index contributed by atoms with van der Waals surface area (Å²) in [7, 11) is 0. The minimum absolute atomic E-state index is 0.112. The topological polar surface area (TPSA) is 65.4 Å². The summed E-state index contributed by atoms with van der Waals surface area (Å²) in [6.07, 6.45) is 0.167. The largest absolute Gasteiger partial charge is 0.417 e. The maximum absolute atomic E-state index is 14.5. The summed E-state index contributed by atoms with van der Waals surface area (Å²) in [4.78, 5) is 23.6. The van der Waals surface area contributed by atoms with Crippen LogP contribution in [0.25, 0.3) is 33.3 Å². The van der Waals surface area contributed by atoms with Gasteiger partial charge in [-0.1, -0.05) is 66.2 Å². The summed E-state index contributed by atoms with van der Waals surface area (Å²) in [6, 6.07) is 29.1. The Hall–Kier alpha value is -5.27. The number of hydrogen-bond acceptors (Lipinski definition) is 6. The molecule has 0 amide bonds. The van der Waals surface area contributed by atoms with E-state index in [1.54, 1.807) is 24.3 Å². The van der Waals surface area contributed by atoms with Gasteiger partial charge in [0, 0.05) is 93.1 Å². The van der Waals surface area contributed by atoms with Gasteiger partial charge in [-0.05, 0) is 98.8 Å². The molecule has 0 unspecified atom stereocenters. The number of carbonyl (C=O) groups is 1. The van der Waals surface area contributed by atoms with Gasteiger partial charge >= 0.3 is 6.18 Å². The number of piperidine rings is 1. The van der Waals surface area contributed by atoms with Gasteiger partial charge in [0.15, 0.2) is 5.78 Å². The van der Waals surface area contributed by atoms with Crippen molar-refractivity contribution in [1.82, 2.24) is 30.0 Å². The SMILES string of the molecule is Cc1ccc(CN2CCN(Cc3cccc4c3c(-c3ccccc3C(F)(F)F)cn4CCCCC(=O)C3(NCc4cccc(-c5cc(F)cc(F)c5)n4)CCNCC3)CC2)cc1. The van der Waals surface area contributed by atoms with Crippen LogP contribution in [0.1, 0.15) is 60.1 Å². The number of alkyl halides is 3. The summed E-state index contributed by atoms with van der Waals surface area (Å²) < 4.78 is 73.5. The monoisotopic (exact) mass is 848 g/mol. The molecule has 2 fully saturated rings. The first kappa shape index (κ1) is 43.4. The van der Waals surface area contributed by atoms with Gasteiger partial charge in [-0.2, -0.15) is 13.2 Å². The molecule has 0 bridgehead atoms. The number of carbonyl (C=O) groups excluding carboxylic acids is 1. The smallest absolute Gasteiger partial charge is 0.347 e. The zero-order valence-corrected chi connectivity index (χ0v) is 35.1. The van der Waals surface area contributed by atoms with Crippen LogP contribution in [0.4, 0.5) is 22.0 Å². The van der Waals surface area contributed by atoms with E-state index in [-0.39, 0.29) is 11.3 Å². The number of Topliss-reactive ketones (excluding diaryl/α,β-unsaturated/α-hetero) is 1. The molecule has 12 heteroatoms. The van der Waals surface area contributed by atoms with Crippen LogP contribution < -0.4 is 10.6 Å². The van der Waals surface area contributed by atoms with Gasteiger partial charge in [-0.15, -0.1) is 0 Å². The molecule has 4 heterocycles. The molecule has 0 aliphatic carbocycles. The number of hydrogen-bond donors (Lipinski definition) is 2. The molecule has 0 atom stereocenters. The van der Waals surface area contributed by atoms with Crippen LogP contribution in [0.2, 0.25) is 0 Å². The van der Waals surface area contributed by atoms with Crippen molar-refractivity contribution in [3.05, 3.63) is 149 Å². The quantitative estimate of drug-likeness (QED) is 0.0793. The van der Waals surface area contributed by atoms with Gasteiger partial charge in [-0.25, -0.2) is 8.78 Å². The standard InChI is InChI=1S/C50H53F5N6O/c1-35-15-17-36(18-16-35)32-59-24-26-60(27-25-59)33-37-8-6-13-46-48(37)43(42-10-2-3-11-44(42)50(53,54)55)34-61(46)23-5-4-14-47(62)49(19-21-56-22-20-49)57-31-41-9-7-12-45(58-41)38-28-39(51)30-40(52)29-38/h2-3,6-13,15-18,28-30,34,56-57H,4-5,14,19-27,31-33H2,1H3. The van der Waals surface area contributed by atoms with Gasteiger partial charge in [0.2, 0.25) is 0 Å². The fourth-order valence-electron chi connectivity index (χ4n) is 9.13. The molecule has 2 aromatic heterocycles. The molecule has 62 heavy (non-hydrogen) atoms. The number of rotatable bonds is 15. The lowest BCUT2D eigenvalue weighted by Crippen LogP contribution is -2.57. The molecule has 0 saturated carbocycles. The number of aromatic nitrogens is 2. The van der Waals surface area contributed by atoms with E-state index in [1.807, 2.05) is 30.5 Å². The number of nitrogens with one attached hydrogen (secondary N) is 2. The van der Waals surface area contributed by atoms with Crippen molar-refractivity contribution in [2.45, 2.75) is 76.9 Å². The van der Waals surface area contributed by atoms with Crippen molar-refractivity contribution >= 4 is 16.7 Å². The second kappa shape index (κ2) is 19.0. The average Bonchev–Trinajstić information content (AvgIpc) is 3.65. The van der Waals surface area contributed by atoms with Gasteiger partial charge in [0.05, 0.1) is 22.5 Å². The lowest BCUT2D eigenvalue weighted by Gasteiger charge is -2.37. The molecule has 8 rings (SSSR count). The lowest BCUT2D eigenvalue weighted by molar-refractivity contribution is -0.137. The molecule has 6 aromatic rings. The number of piperazine rings is 1. The van der Waals surface area contributed by atoms with E-state index in [9.17, 15) is 26.7 Å². The lowest BCUT2D eigenvalue weighted by atomic mass is 9.82. The summed E-state index contributed by atoms with van der Waals surface area (Å²) >= 11 is 0. The molecule has 2 aliphatic rings. The minimum Gasteiger partial charge on any atom is -0.347 e. The number of ketones is 1. The van der Waals surface area contributed by atoms with Crippen molar-refractivity contribution in [2.24, 2.45) is 0 Å². The Balaban J connectivity index is 0.964. The highest BCUT2D eigenvalue weighted by molar-refractivity contribution is 5.99. The van der Waals surface area contributed by atoms with Crippen molar-refractivity contribution in [3.8, 4) is 22.4 Å². The zero-order chi connectivity index (χ0) is 43.3. The third-order valence-corrected chi connectivity index (χ3v) is 12.5. The summed E-state index contributed by atoms with van der Waals surface area (Å²) in [5.41, 5.74) is 5.14. The number of benzene rings is 4. The van der Waals surface area contributed by atoms with E-state index in [0.717, 1.165) is 61.3 Å². The fraction of sp³-hybridized carbons (Fsp3) is 0.360. The number of pyridine rings is 1. The van der Waals surface area contributed by atoms with Crippen LogP contribution in [0, 0.1) is 18.6 Å². The van der Waals surface area contributed by atoms with Gasteiger partial charge < -0.3 is 9.88 Å². The maximum Gasteiger partial charge on any atom is 0.417 e. The van der Waals surface area contributed by atoms with E-state index in [4.69, 9.17) is 0 Å². The first-order valence-corrected chi connectivity index (χ1v) is 21.6. The average molecular weight is 849 g/mol. The zero-order valence-electron chi connectivity index (χ0n) is 35.1. The fourth-order valence-corrected chi connectivity index (χ4v) is 9.13. The first-order valence-electron chi connectivity index (χ1n) is 21.6. The van der Waals surface area contributed by atoms with Crippen molar-refractivity contribution < 1.29 is 26.7 Å². The summed E-state index contributed by atoms with van der Waals surface area (Å²) in [6.45, 7) is 9.34. The van der Waals surface area contributed by atoms with E-state index < -0.39 is 28.9 Å². The molecule has 7 nitrogen and oxygen atoms in total. The van der Waals surface area contributed by atoms with Crippen molar-refractivity contribution in [3.63, 3.8) is 0 Å². The molecular weight excluding hydrogens is 796 g/mol. The van der Waals surface area contributed by atoms with Crippen LogP contribution in [0.15, 0.2) is 109 Å². The van der Waals surface area contributed by atoms with Gasteiger partial charge in [-0.3, -0.25) is 24.9 Å². The van der Waals surface area contributed by atoms with Gasteiger partial charge in [0.25, 0.3) is 0 Å². The van der Waals surface area contributed by atoms with Crippen molar-refractivity contribution in [1.29, 1.82) is 0 Å². The Morgan fingerprint density at radius 3 is 2.21 bits per heavy atom. The molecule has 2 saturated heterocycles. The normalized spacial score (nSPS) is 16.2. The summed E-state index contributed by atoms with van der Waals surface area (Å²) in [5, 5.41) is 7.71. The second-order valence-electron chi connectivity index (χ2n) is 16.9. The minimum atomic E-state index is -4.52. The molecule has 2 N–H and O–H groups in total. The van der Waals surface area contributed by atoms with Crippen LogP contribution >= 0.6 is 0 Å². The highest BCUT2D eigenvalue weighted by Gasteiger charge is 2.38. The Bertz CT molecular complexity index is 2460. The van der Waals surface area contributed by atoms with Crippen LogP contribution in [-0.4, -0.2) is 69.9 Å². The first-order chi connectivity index (χ1) is 29.9. The van der Waals surface area contributed by atoms with Crippen LogP contribution in [0.5, 0.6) is 0 Å². The van der Waals surface area contributed by atoms with Crippen LogP contribution in [-0.2, 0) is 37.1 Å². The summed E-state index contributed by atoms with van der Waals surface area (Å²) in [5.74, 6) is -1.25. The molecule has 324 valence electrons. The predicted molar refractivity (Wildman–Crippen MR) is 234 cm³/mol. The highest BCUT2D eigenvalue weighted by atomic mass is 19.4. The van der Waals surface area contributed by atoms with Gasteiger partial charge in [0.1, 0.15) is 11.6 Å².